The molecule has 2 fully saturated rings. The highest BCUT2D eigenvalue weighted by Gasteiger charge is 2.35. The third-order valence-electron chi connectivity index (χ3n) is 4.63. The molecule has 3 rings (SSSR count). The molecule has 1 aromatic rings. The molecule has 0 aromatic heterocycles. The van der Waals surface area contributed by atoms with Crippen molar-refractivity contribution in [3.8, 4) is 11.5 Å². The van der Waals surface area contributed by atoms with Crippen LogP contribution in [0.15, 0.2) is 18.2 Å². The van der Waals surface area contributed by atoms with E-state index in [4.69, 9.17) is 19.9 Å². The van der Waals surface area contributed by atoms with Gasteiger partial charge in [-0.1, -0.05) is 25.0 Å². The number of ether oxygens (including phenoxy) is 3. The van der Waals surface area contributed by atoms with Crippen molar-refractivity contribution in [2.45, 2.75) is 50.2 Å². The van der Waals surface area contributed by atoms with E-state index in [1.54, 1.807) is 7.11 Å². The molecule has 0 radical (unpaired) electrons. The minimum Gasteiger partial charge on any atom is -0.493 e. The number of rotatable bonds is 4. The number of methoxy groups -OCH3 is 1. The van der Waals surface area contributed by atoms with Gasteiger partial charge < -0.3 is 19.9 Å². The Labute approximate surface area is 126 Å². The largest absolute Gasteiger partial charge is 0.493 e. The fourth-order valence-corrected chi connectivity index (χ4v) is 3.44. The van der Waals surface area contributed by atoms with E-state index in [9.17, 15) is 0 Å². The molecule has 2 N–H and O–H groups in total. The maximum absolute atomic E-state index is 6.64. The van der Waals surface area contributed by atoms with Gasteiger partial charge in [0.25, 0.3) is 0 Å². The van der Waals surface area contributed by atoms with E-state index in [-0.39, 0.29) is 11.6 Å². The van der Waals surface area contributed by atoms with Gasteiger partial charge in [0.1, 0.15) is 6.10 Å². The average Bonchev–Trinajstić information content (AvgIpc) is 2.96. The Kier molecular flexibility index (Phi) is 4.36. The molecule has 2 aliphatic rings. The van der Waals surface area contributed by atoms with Crippen molar-refractivity contribution in [2.75, 3.05) is 20.3 Å². The molecular formula is C17H25NO3. The fraction of sp³-hybridized carbons (Fsp3) is 0.647. The summed E-state index contributed by atoms with van der Waals surface area (Å²) in [6, 6.07) is 6.04. The van der Waals surface area contributed by atoms with Crippen LogP contribution < -0.4 is 15.2 Å². The lowest BCUT2D eigenvalue weighted by Gasteiger charge is -2.30. The molecule has 1 atom stereocenters. The molecule has 1 unspecified atom stereocenters. The monoisotopic (exact) mass is 291 g/mol. The predicted octanol–water partition coefficient (Wildman–Crippen LogP) is 2.98. The Morgan fingerprint density at radius 3 is 2.71 bits per heavy atom. The Hall–Kier alpha value is -1.26. The molecule has 21 heavy (non-hydrogen) atoms. The van der Waals surface area contributed by atoms with Gasteiger partial charge in [-0.25, -0.2) is 0 Å². The van der Waals surface area contributed by atoms with Crippen LogP contribution in [-0.2, 0) is 10.3 Å². The standard InChI is InChI=1S/C17H25NO3/c1-19-15-8-4-7-14(17(18)9-2-3-10-17)16(15)21-13-6-5-11-20-12-13/h4,7-8,13H,2-3,5-6,9-12,18H2,1H3. The van der Waals surface area contributed by atoms with Crippen molar-refractivity contribution < 1.29 is 14.2 Å². The second-order valence-electron chi connectivity index (χ2n) is 6.16. The molecular weight excluding hydrogens is 266 g/mol. The molecule has 1 aliphatic heterocycles. The van der Waals surface area contributed by atoms with Crippen molar-refractivity contribution in [3.63, 3.8) is 0 Å². The van der Waals surface area contributed by atoms with Crippen molar-refractivity contribution in [3.05, 3.63) is 23.8 Å². The van der Waals surface area contributed by atoms with Crippen molar-refractivity contribution in [1.82, 2.24) is 0 Å². The third kappa shape index (κ3) is 3.01. The maximum Gasteiger partial charge on any atom is 0.166 e. The molecule has 116 valence electrons. The lowest BCUT2D eigenvalue weighted by atomic mass is 9.88. The number of benzene rings is 1. The van der Waals surface area contributed by atoms with E-state index in [1.807, 2.05) is 12.1 Å². The minimum atomic E-state index is -0.278. The highest BCUT2D eigenvalue weighted by molar-refractivity contribution is 5.50. The van der Waals surface area contributed by atoms with Crippen molar-refractivity contribution >= 4 is 0 Å². The fourth-order valence-electron chi connectivity index (χ4n) is 3.44. The van der Waals surface area contributed by atoms with Gasteiger partial charge in [0.2, 0.25) is 0 Å². The van der Waals surface area contributed by atoms with Gasteiger partial charge in [-0.15, -0.1) is 0 Å². The third-order valence-corrected chi connectivity index (χ3v) is 4.63. The molecule has 1 aromatic carbocycles. The molecule has 0 bridgehead atoms. The quantitative estimate of drug-likeness (QED) is 0.926. The number of para-hydroxylation sites is 1. The molecule has 4 heteroatoms. The Bertz CT molecular complexity index is 477. The number of hydrogen-bond donors (Lipinski definition) is 1. The molecule has 1 saturated heterocycles. The second-order valence-corrected chi connectivity index (χ2v) is 6.16. The van der Waals surface area contributed by atoms with E-state index in [0.29, 0.717) is 6.61 Å². The first-order valence-corrected chi connectivity index (χ1v) is 7.94. The predicted molar refractivity (Wildman–Crippen MR) is 81.8 cm³/mol. The van der Waals surface area contributed by atoms with Crippen LogP contribution in [-0.4, -0.2) is 26.4 Å². The molecule has 1 heterocycles. The van der Waals surface area contributed by atoms with Crippen LogP contribution in [0.1, 0.15) is 44.1 Å². The van der Waals surface area contributed by atoms with Crippen LogP contribution in [0.2, 0.25) is 0 Å². The van der Waals surface area contributed by atoms with Gasteiger partial charge in [0.05, 0.1) is 13.7 Å². The molecule has 0 spiro atoms. The number of hydrogen-bond acceptors (Lipinski definition) is 4. The van der Waals surface area contributed by atoms with Crippen molar-refractivity contribution in [1.29, 1.82) is 0 Å². The SMILES string of the molecule is COc1cccc(C2(N)CCCC2)c1OC1CCCOC1. The summed E-state index contributed by atoms with van der Waals surface area (Å²) in [6.45, 7) is 1.48. The van der Waals surface area contributed by atoms with Gasteiger partial charge in [-0.2, -0.15) is 0 Å². The zero-order valence-corrected chi connectivity index (χ0v) is 12.8. The smallest absolute Gasteiger partial charge is 0.166 e. The summed E-state index contributed by atoms with van der Waals surface area (Å²) >= 11 is 0. The first-order valence-electron chi connectivity index (χ1n) is 7.94. The summed E-state index contributed by atoms with van der Waals surface area (Å²) in [7, 11) is 1.68. The van der Waals surface area contributed by atoms with E-state index in [1.165, 1.54) is 12.8 Å². The Morgan fingerprint density at radius 2 is 2.05 bits per heavy atom. The zero-order valence-electron chi connectivity index (χ0n) is 12.8. The first kappa shape index (κ1) is 14.7. The molecule has 1 aliphatic carbocycles. The lowest BCUT2D eigenvalue weighted by Crippen LogP contribution is -2.35. The van der Waals surface area contributed by atoms with Crippen LogP contribution in [0.25, 0.3) is 0 Å². The van der Waals surface area contributed by atoms with Crippen LogP contribution in [0.3, 0.4) is 0 Å². The summed E-state index contributed by atoms with van der Waals surface area (Å²) in [4.78, 5) is 0. The lowest BCUT2D eigenvalue weighted by molar-refractivity contribution is 0.00554. The van der Waals surface area contributed by atoms with Crippen LogP contribution >= 0.6 is 0 Å². The summed E-state index contributed by atoms with van der Waals surface area (Å²) in [5.74, 6) is 1.59. The normalized spacial score (nSPS) is 24.8. The van der Waals surface area contributed by atoms with Gasteiger partial charge in [0.15, 0.2) is 11.5 Å². The van der Waals surface area contributed by atoms with Gasteiger partial charge in [-0.3, -0.25) is 0 Å². The van der Waals surface area contributed by atoms with Crippen molar-refractivity contribution in [2.24, 2.45) is 5.73 Å². The van der Waals surface area contributed by atoms with E-state index in [0.717, 1.165) is 49.4 Å². The summed E-state index contributed by atoms with van der Waals surface area (Å²) in [5.41, 5.74) is 7.45. The highest BCUT2D eigenvalue weighted by Crippen LogP contribution is 2.44. The molecule has 0 amide bonds. The second kappa shape index (κ2) is 6.24. The summed E-state index contributed by atoms with van der Waals surface area (Å²) in [5, 5.41) is 0. The van der Waals surface area contributed by atoms with E-state index in [2.05, 4.69) is 6.07 Å². The van der Waals surface area contributed by atoms with E-state index >= 15 is 0 Å². The minimum absolute atomic E-state index is 0.0961. The van der Waals surface area contributed by atoms with Gasteiger partial charge in [0, 0.05) is 17.7 Å². The zero-order chi connectivity index (χ0) is 14.7. The molecule has 1 saturated carbocycles. The van der Waals surface area contributed by atoms with Gasteiger partial charge >= 0.3 is 0 Å². The first-order chi connectivity index (χ1) is 10.2. The number of nitrogens with two attached hydrogens (primary N) is 1. The van der Waals surface area contributed by atoms with Crippen LogP contribution in [0, 0.1) is 0 Å². The summed E-state index contributed by atoms with van der Waals surface area (Å²) in [6.07, 6.45) is 6.55. The Morgan fingerprint density at radius 1 is 1.24 bits per heavy atom. The van der Waals surface area contributed by atoms with E-state index < -0.39 is 0 Å². The van der Waals surface area contributed by atoms with Gasteiger partial charge in [-0.05, 0) is 31.7 Å². The Balaban J connectivity index is 1.91. The van der Waals surface area contributed by atoms with Crippen LogP contribution in [0.4, 0.5) is 0 Å². The highest BCUT2D eigenvalue weighted by atomic mass is 16.5. The average molecular weight is 291 g/mol. The topological polar surface area (TPSA) is 53.7 Å². The molecule has 4 nitrogen and oxygen atoms in total. The maximum atomic E-state index is 6.64. The summed E-state index contributed by atoms with van der Waals surface area (Å²) < 4.78 is 17.3. The van der Waals surface area contributed by atoms with Crippen LogP contribution in [0.5, 0.6) is 11.5 Å².